The Morgan fingerprint density at radius 3 is 2.14 bits per heavy atom. The van der Waals surface area contributed by atoms with Gasteiger partial charge < -0.3 is 32.5 Å². The Labute approximate surface area is 271 Å². The Bertz CT molecular complexity index is 1030. The lowest BCUT2D eigenvalue weighted by Gasteiger charge is -2.47. The van der Waals surface area contributed by atoms with Gasteiger partial charge in [-0.15, -0.1) is 0 Å². The Morgan fingerprint density at radius 1 is 0.864 bits per heavy atom. The van der Waals surface area contributed by atoms with Crippen molar-refractivity contribution in [3.63, 3.8) is 0 Å². The van der Waals surface area contributed by atoms with Gasteiger partial charge in [0.15, 0.2) is 8.32 Å². The van der Waals surface area contributed by atoms with Gasteiger partial charge in [-0.25, -0.2) is 0 Å². The maximum atomic E-state index is 7.21. The van der Waals surface area contributed by atoms with E-state index < -0.39 is 27.8 Å². The van der Waals surface area contributed by atoms with Crippen molar-refractivity contribution < 1.29 is 32.5 Å². The van der Waals surface area contributed by atoms with Gasteiger partial charge in [0.25, 0.3) is 0 Å². The lowest BCUT2D eigenvalue weighted by molar-refractivity contribution is -0.179. The van der Waals surface area contributed by atoms with Crippen molar-refractivity contribution in [2.75, 3.05) is 34.4 Å². The number of ether oxygens (including phenoxy) is 5. The van der Waals surface area contributed by atoms with Crippen LogP contribution in [-0.4, -0.2) is 74.5 Å². The highest BCUT2D eigenvalue weighted by atomic mass is 28.4. The minimum absolute atomic E-state index is 0.0724. The smallest absolute Gasteiger partial charge is 0.250 e. The molecule has 0 bridgehead atoms. The van der Waals surface area contributed by atoms with Gasteiger partial charge in [0, 0.05) is 26.1 Å². The lowest BCUT2D eigenvalue weighted by Crippen LogP contribution is -2.56. The standard InChI is InChI=1S/C35H66O7Si2/c1-31(2,3)43(10,11)40-23-35-30(41-35)15-14-20-34(35,39-25-37-9)22-18-26-27-16-17-29(38-24-36-8)33(27,7)21-19-28(26)42-44(12,13)32(4,5)6/h27,29-30H,14-25H2,1-13H3/t27-,29-,30-,33-,34-,35-/m0/s1. The van der Waals surface area contributed by atoms with Crippen molar-refractivity contribution in [1.82, 2.24) is 0 Å². The van der Waals surface area contributed by atoms with Crippen LogP contribution in [0.15, 0.2) is 11.3 Å². The van der Waals surface area contributed by atoms with Gasteiger partial charge in [-0.3, -0.25) is 0 Å². The van der Waals surface area contributed by atoms with Crippen LogP contribution >= 0.6 is 0 Å². The molecule has 0 aromatic heterocycles. The molecule has 256 valence electrons. The van der Waals surface area contributed by atoms with Crippen molar-refractivity contribution in [1.29, 1.82) is 0 Å². The van der Waals surface area contributed by atoms with Crippen molar-refractivity contribution >= 4 is 16.6 Å². The molecule has 1 heterocycles. The molecule has 0 unspecified atom stereocenters. The van der Waals surface area contributed by atoms with Gasteiger partial charge in [-0.1, -0.05) is 48.5 Å². The number of epoxide rings is 1. The van der Waals surface area contributed by atoms with E-state index in [1.54, 1.807) is 14.2 Å². The first-order valence-corrected chi connectivity index (χ1v) is 23.1. The lowest BCUT2D eigenvalue weighted by atomic mass is 9.65. The summed E-state index contributed by atoms with van der Waals surface area (Å²) in [6.45, 7) is 27.0. The Morgan fingerprint density at radius 2 is 1.52 bits per heavy atom. The van der Waals surface area contributed by atoms with Crippen molar-refractivity contribution in [2.24, 2.45) is 11.3 Å². The van der Waals surface area contributed by atoms with Crippen LogP contribution in [0.3, 0.4) is 0 Å². The highest BCUT2D eigenvalue weighted by molar-refractivity contribution is 6.74. The van der Waals surface area contributed by atoms with E-state index in [2.05, 4.69) is 74.7 Å². The number of fused-ring (bicyclic) bond motifs is 2. The summed E-state index contributed by atoms with van der Waals surface area (Å²) in [5.41, 5.74) is 0.693. The second-order valence-corrected chi connectivity index (χ2v) is 27.0. The van der Waals surface area contributed by atoms with Gasteiger partial charge in [0.2, 0.25) is 8.32 Å². The minimum Gasteiger partial charge on any atom is -0.547 e. The van der Waals surface area contributed by atoms with Crippen molar-refractivity contribution in [3.05, 3.63) is 11.3 Å². The van der Waals surface area contributed by atoms with E-state index >= 15 is 0 Å². The maximum Gasteiger partial charge on any atom is 0.250 e. The van der Waals surface area contributed by atoms with E-state index in [1.807, 2.05) is 0 Å². The summed E-state index contributed by atoms with van der Waals surface area (Å²) >= 11 is 0. The van der Waals surface area contributed by atoms with Crippen LogP contribution in [0.1, 0.15) is 106 Å². The fourth-order valence-electron chi connectivity index (χ4n) is 7.73. The average Bonchev–Trinajstić information content (AvgIpc) is 3.57. The molecule has 4 aliphatic rings. The molecule has 0 aromatic carbocycles. The van der Waals surface area contributed by atoms with Gasteiger partial charge in [0.1, 0.15) is 24.8 Å². The molecular weight excluding hydrogens is 589 g/mol. The molecule has 0 radical (unpaired) electrons. The van der Waals surface area contributed by atoms with Gasteiger partial charge in [0.05, 0.1) is 24.6 Å². The third kappa shape index (κ3) is 6.82. The molecule has 2 saturated carbocycles. The Balaban J connectivity index is 1.68. The third-order valence-electron chi connectivity index (χ3n) is 12.8. The normalized spacial score (nSPS) is 34.6. The number of allylic oxidation sites excluding steroid dienone is 2. The topological polar surface area (TPSA) is 67.9 Å². The largest absolute Gasteiger partial charge is 0.547 e. The van der Waals surface area contributed by atoms with Crippen LogP contribution < -0.4 is 0 Å². The SMILES string of the molecule is COCO[C@H]1CC[C@H]2C(CC[C@@]3(OCOC)CCC[C@@H]4O[C@@]43CO[Si](C)(C)C(C)(C)C)=C(O[Si](C)(C)C(C)(C)C)CC[C@]12C. The minimum atomic E-state index is -2.02. The molecule has 1 aliphatic heterocycles. The summed E-state index contributed by atoms with van der Waals surface area (Å²) in [6, 6.07) is 0. The van der Waals surface area contributed by atoms with Crippen LogP contribution in [0.5, 0.6) is 0 Å². The Kier molecular flexibility index (Phi) is 10.8. The first-order valence-electron chi connectivity index (χ1n) is 17.3. The number of hydrogen-bond donors (Lipinski definition) is 0. The second-order valence-electron chi connectivity index (χ2n) is 17.5. The van der Waals surface area contributed by atoms with E-state index in [4.69, 9.17) is 32.5 Å². The zero-order valence-corrected chi connectivity index (χ0v) is 32.6. The van der Waals surface area contributed by atoms with E-state index in [1.165, 1.54) is 11.3 Å². The molecule has 9 heteroatoms. The molecule has 0 aromatic rings. The molecule has 44 heavy (non-hydrogen) atoms. The summed E-state index contributed by atoms with van der Waals surface area (Å²) in [5, 5.41) is 0.272. The second kappa shape index (κ2) is 13.0. The molecule has 3 fully saturated rings. The zero-order chi connectivity index (χ0) is 32.8. The quantitative estimate of drug-likeness (QED) is 0.105. The summed E-state index contributed by atoms with van der Waals surface area (Å²) in [7, 11) is -0.559. The van der Waals surface area contributed by atoms with Crippen molar-refractivity contribution in [2.45, 2.75) is 166 Å². The predicted octanol–water partition coefficient (Wildman–Crippen LogP) is 8.94. The van der Waals surface area contributed by atoms with Crippen molar-refractivity contribution in [3.8, 4) is 0 Å². The van der Waals surface area contributed by atoms with Crippen LogP contribution in [-0.2, 0) is 32.5 Å². The van der Waals surface area contributed by atoms with E-state index in [0.29, 0.717) is 19.3 Å². The summed E-state index contributed by atoms with van der Waals surface area (Å²) in [6.07, 6.45) is 9.55. The molecule has 0 amide bonds. The molecule has 0 N–H and O–H groups in total. The maximum absolute atomic E-state index is 7.21. The monoisotopic (exact) mass is 654 g/mol. The molecule has 0 spiro atoms. The summed E-state index contributed by atoms with van der Waals surface area (Å²) in [5.74, 6) is 1.68. The molecule has 6 atom stereocenters. The number of rotatable bonds is 14. The molecule has 3 aliphatic carbocycles. The molecule has 1 saturated heterocycles. The van der Waals surface area contributed by atoms with Gasteiger partial charge in [-0.05, 0) is 99.1 Å². The fraction of sp³-hybridized carbons (Fsp3) is 0.943. The Hall–Kier alpha value is -0.266. The van der Waals surface area contributed by atoms with Crippen LogP contribution in [0.25, 0.3) is 0 Å². The van der Waals surface area contributed by atoms with Crippen LogP contribution in [0.4, 0.5) is 0 Å². The van der Waals surface area contributed by atoms with Crippen LogP contribution in [0, 0.1) is 11.3 Å². The highest BCUT2D eigenvalue weighted by Crippen LogP contribution is 2.61. The highest BCUT2D eigenvalue weighted by Gasteiger charge is 2.71. The van der Waals surface area contributed by atoms with E-state index in [9.17, 15) is 0 Å². The molecule has 7 nitrogen and oxygen atoms in total. The first-order chi connectivity index (χ1) is 20.3. The van der Waals surface area contributed by atoms with Gasteiger partial charge >= 0.3 is 0 Å². The molecule has 4 rings (SSSR count). The predicted molar refractivity (Wildman–Crippen MR) is 182 cm³/mol. The number of methoxy groups -OCH3 is 2. The van der Waals surface area contributed by atoms with E-state index in [-0.39, 0.29) is 34.5 Å². The average molecular weight is 655 g/mol. The van der Waals surface area contributed by atoms with Gasteiger partial charge in [-0.2, -0.15) is 0 Å². The fourth-order valence-corrected chi connectivity index (χ4v) is 9.90. The number of hydrogen-bond acceptors (Lipinski definition) is 7. The molecular formula is C35H66O7Si2. The van der Waals surface area contributed by atoms with Crippen LogP contribution in [0.2, 0.25) is 36.3 Å². The summed E-state index contributed by atoms with van der Waals surface area (Å²) in [4.78, 5) is 0. The summed E-state index contributed by atoms with van der Waals surface area (Å²) < 4.78 is 44.8. The first kappa shape index (κ1) is 36.6. The third-order valence-corrected chi connectivity index (χ3v) is 21.7. The zero-order valence-electron chi connectivity index (χ0n) is 30.6. The van der Waals surface area contributed by atoms with E-state index in [0.717, 1.165) is 57.8 Å².